The van der Waals surface area contributed by atoms with E-state index in [0.29, 0.717) is 6.42 Å². The second kappa shape index (κ2) is 3.98. The Balaban J connectivity index is 1.72. The van der Waals surface area contributed by atoms with Gasteiger partial charge in [0, 0.05) is 5.92 Å². The first kappa shape index (κ1) is 13.9. The van der Waals surface area contributed by atoms with Crippen molar-refractivity contribution in [2.45, 2.75) is 56.5 Å². The SMILES string of the molecule is C=C(C(=O)OC1C2CC3C(O2)C1OC3(C)C)C(F)(F)F. The molecule has 2 bridgehead atoms. The van der Waals surface area contributed by atoms with Crippen molar-refractivity contribution in [2.24, 2.45) is 5.92 Å². The minimum atomic E-state index is -4.78. The molecule has 3 heterocycles. The summed E-state index contributed by atoms with van der Waals surface area (Å²) in [6.07, 6.45) is -6.02. The van der Waals surface area contributed by atoms with Gasteiger partial charge in [-0.2, -0.15) is 13.2 Å². The summed E-state index contributed by atoms with van der Waals surface area (Å²) in [5.41, 5.74) is -1.92. The molecule has 0 N–H and O–H groups in total. The highest BCUT2D eigenvalue weighted by atomic mass is 19.4. The summed E-state index contributed by atoms with van der Waals surface area (Å²) in [7, 11) is 0. The Morgan fingerprint density at radius 3 is 2.60 bits per heavy atom. The van der Waals surface area contributed by atoms with E-state index in [2.05, 4.69) is 6.58 Å². The van der Waals surface area contributed by atoms with Crippen LogP contribution in [0.15, 0.2) is 12.2 Å². The Morgan fingerprint density at radius 2 is 2.00 bits per heavy atom. The van der Waals surface area contributed by atoms with Crippen molar-refractivity contribution in [3.05, 3.63) is 12.2 Å². The molecule has 3 rings (SSSR count). The number of rotatable bonds is 2. The zero-order chi connectivity index (χ0) is 14.9. The summed E-state index contributed by atoms with van der Waals surface area (Å²) < 4.78 is 53.6. The number of alkyl halides is 3. The third-order valence-electron chi connectivity index (χ3n) is 4.39. The number of carbonyl (C=O) groups excluding carboxylic acids is 1. The second-order valence-electron chi connectivity index (χ2n) is 6.01. The van der Waals surface area contributed by atoms with Gasteiger partial charge in [-0.25, -0.2) is 4.79 Å². The maximum absolute atomic E-state index is 12.4. The average molecular weight is 292 g/mol. The summed E-state index contributed by atoms with van der Waals surface area (Å²) in [5, 5.41) is 0. The average Bonchev–Trinajstić information content (AvgIpc) is 2.90. The van der Waals surface area contributed by atoms with Crippen molar-refractivity contribution in [3.63, 3.8) is 0 Å². The highest BCUT2D eigenvalue weighted by molar-refractivity contribution is 5.89. The zero-order valence-electron chi connectivity index (χ0n) is 11.1. The van der Waals surface area contributed by atoms with Crippen LogP contribution < -0.4 is 0 Å². The van der Waals surface area contributed by atoms with Crippen LogP contribution in [0.25, 0.3) is 0 Å². The van der Waals surface area contributed by atoms with Gasteiger partial charge < -0.3 is 14.2 Å². The van der Waals surface area contributed by atoms with Crippen LogP contribution >= 0.6 is 0 Å². The van der Waals surface area contributed by atoms with Crippen molar-refractivity contribution < 1.29 is 32.2 Å². The van der Waals surface area contributed by atoms with E-state index in [1.54, 1.807) is 0 Å². The molecule has 0 aromatic heterocycles. The van der Waals surface area contributed by atoms with Crippen molar-refractivity contribution in [2.75, 3.05) is 0 Å². The van der Waals surface area contributed by atoms with Gasteiger partial charge in [-0.15, -0.1) is 0 Å². The highest BCUT2D eigenvalue weighted by Gasteiger charge is 2.66. The van der Waals surface area contributed by atoms with Gasteiger partial charge in [0.2, 0.25) is 0 Å². The van der Waals surface area contributed by atoms with E-state index < -0.39 is 35.5 Å². The third kappa shape index (κ3) is 1.87. The Hall–Kier alpha value is -1.08. The van der Waals surface area contributed by atoms with Crippen LogP contribution in [-0.2, 0) is 19.0 Å². The van der Waals surface area contributed by atoms with Gasteiger partial charge >= 0.3 is 12.1 Å². The summed E-state index contributed by atoms with van der Waals surface area (Å²) in [6, 6.07) is 0. The molecule has 0 aromatic rings. The first-order chi connectivity index (χ1) is 9.11. The number of ether oxygens (including phenoxy) is 3. The van der Waals surface area contributed by atoms with Crippen LogP contribution in [-0.4, -0.2) is 42.2 Å². The van der Waals surface area contributed by atoms with Gasteiger partial charge in [-0.3, -0.25) is 0 Å². The highest BCUT2D eigenvalue weighted by Crippen LogP contribution is 2.54. The fraction of sp³-hybridized carbons (Fsp3) is 0.769. The Morgan fingerprint density at radius 1 is 1.35 bits per heavy atom. The fourth-order valence-corrected chi connectivity index (χ4v) is 3.36. The molecular formula is C13H15F3O4. The molecule has 112 valence electrons. The third-order valence-corrected chi connectivity index (χ3v) is 4.39. The summed E-state index contributed by atoms with van der Waals surface area (Å²) in [6.45, 7) is 6.56. The molecule has 3 fully saturated rings. The van der Waals surface area contributed by atoms with Gasteiger partial charge in [-0.1, -0.05) is 6.58 Å². The van der Waals surface area contributed by atoms with E-state index in [0.717, 1.165) is 0 Å². The minimum Gasteiger partial charge on any atom is -0.453 e. The molecule has 0 saturated carbocycles. The van der Waals surface area contributed by atoms with Crippen molar-refractivity contribution >= 4 is 5.97 Å². The number of carbonyl (C=O) groups is 1. The molecule has 3 aliphatic rings. The maximum Gasteiger partial charge on any atom is 0.422 e. The number of esters is 1. The lowest BCUT2D eigenvalue weighted by atomic mass is 9.80. The molecule has 5 atom stereocenters. The smallest absolute Gasteiger partial charge is 0.422 e. The molecule has 5 unspecified atom stereocenters. The molecule has 0 spiro atoms. The molecule has 0 aromatic carbocycles. The van der Waals surface area contributed by atoms with Crippen LogP contribution in [0.2, 0.25) is 0 Å². The van der Waals surface area contributed by atoms with E-state index in [-0.39, 0.29) is 18.1 Å². The van der Waals surface area contributed by atoms with Crippen LogP contribution in [0.5, 0.6) is 0 Å². The molecule has 3 saturated heterocycles. The predicted octanol–water partition coefficient (Wildman–Crippen LogP) is 1.98. The Bertz CT molecular complexity index is 471. The molecule has 0 amide bonds. The van der Waals surface area contributed by atoms with Crippen LogP contribution in [0.4, 0.5) is 13.2 Å². The number of hydrogen-bond acceptors (Lipinski definition) is 4. The van der Waals surface area contributed by atoms with E-state index in [1.165, 1.54) is 0 Å². The first-order valence-corrected chi connectivity index (χ1v) is 6.41. The van der Waals surface area contributed by atoms with Gasteiger partial charge in [0.25, 0.3) is 0 Å². The van der Waals surface area contributed by atoms with Crippen LogP contribution in [0, 0.1) is 5.92 Å². The number of hydrogen-bond donors (Lipinski definition) is 0. The van der Waals surface area contributed by atoms with Crippen molar-refractivity contribution in [3.8, 4) is 0 Å². The van der Waals surface area contributed by atoms with Crippen molar-refractivity contribution in [1.82, 2.24) is 0 Å². The van der Waals surface area contributed by atoms with E-state index in [9.17, 15) is 18.0 Å². The van der Waals surface area contributed by atoms with Gasteiger partial charge in [0.15, 0.2) is 6.10 Å². The van der Waals surface area contributed by atoms with Crippen LogP contribution in [0.3, 0.4) is 0 Å². The lowest BCUT2D eigenvalue weighted by Crippen LogP contribution is -2.41. The monoisotopic (exact) mass is 292 g/mol. The van der Waals surface area contributed by atoms with E-state index in [1.807, 2.05) is 13.8 Å². The quantitative estimate of drug-likeness (QED) is 0.576. The first-order valence-electron chi connectivity index (χ1n) is 6.41. The lowest BCUT2D eigenvalue weighted by Gasteiger charge is -2.24. The molecular weight excluding hydrogens is 277 g/mol. The maximum atomic E-state index is 12.4. The molecule has 7 heteroatoms. The summed E-state index contributed by atoms with van der Waals surface area (Å²) in [4.78, 5) is 11.5. The van der Waals surface area contributed by atoms with Gasteiger partial charge in [0.1, 0.15) is 11.7 Å². The molecule has 20 heavy (non-hydrogen) atoms. The molecule has 0 radical (unpaired) electrons. The fourth-order valence-electron chi connectivity index (χ4n) is 3.36. The van der Waals surface area contributed by atoms with Crippen molar-refractivity contribution in [1.29, 1.82) is 0 Å². The van der Waals surface area contributed by atoms with E-state index >= 15 is 0 Å². The lowest BCUT2D eigenvalue weighted by molar-refractivity contribution is -0.163. The van der Waals surface area contributed by atoms with Gasteiger partial charge in [0.05, 0.1) is 17.8 Å². The number of halogens is 3. The number of fused-ring (bicyclic) bond motifs is 1. The van der Waals surface area contributed by atoms with E-state index in [4.69, 9.17) is 14.2 Å². The zero-order valence-corrected chi connectivity index (χ0v) is 11.1. The summed E-state index contributed by atoms with van der Waals surface area (Å²) in [5.74, 6) is -1.26. The summed E-state index contributed by atoms with van der Waals surface area (Å²) >= 11 is 0. The Kier molecular flexibility index (Phi) is 2.76. The molecule has 4 nitrogen and oxygen atoms in total. The largest absolute Gasteiger partial charge is 0.453 e. The minimum absolute atomic E-state index is 0.193. The second-order valence-corrected chi connectivity index (χ2v) is 6.01. The Labute approximate surface area is 113 Å². The topological polar surface area (TPSA) is 44.8 Å². The molecule has 0 aliphatic carbocycles. The van der Waals surface area contributed by atoms with Crippen LogP contribution in [0.1, 0.15) is 20.3 Å². The normalized spacial score (nSPS) is 41.0. The predicted molar refractivity (Wildman–Crippen MR) is 60.8 cm³/mol. The standard InChI is InChI=1S/C13H15F3O4/c1-5(13(14,15)16)11(17)19-9-7-4-6-8(18-7)10(9)20-12(6,2)3/h6-10H,1,4H2,2-3H3. The van der Waals surface area contributed by atoms with Gasteiger partial charge in [-0.05, 0) is 20.3 Å². The molecule has 3 aliphatic heterocycles.